The lowest BCUT2D eigenvalue weighted by Gasteiger charge is -2.18. The van der Waals surface area contributed by atoms with Crippen molar-refractivity contribution in [3.63, 3.8) is 0 Å². The van der Waals surface area contributed by atoms with Crippen LogP contribution in [0.15, 0.2) is 70.2 Å². The normalized spacial score (nSPS) is 14.9. The molecular weight excluding hydrogens is 408 g/mol. The molecule has 0 saturated carbocycles. The first-order valence-electron chi connectivity index (χ1n) is 8.81. The Morgan fingerprint density at radius 3 is 2.37 bits per heavy atom. The summed E-state index contributed by atoms with van der Waals surface area (Å²) in [7, 11) is -3.82. The van der Waals surface area contributed by atoms with Crippen molar-refractivity contribution in [1.29, 1.82) is 0 Å². The van der Waals surface area contributed by atoms with Crippen molar-refractivity contribution in [2.24, 2.45) is 0 Å². The summed E-state index contributed by atoms with van der Waals surface area (Å²) in [4.78, 5) is 24.2. The summed E-state index contributed by atoms with van der Waals surface area (Å²) >= 11 is 0. The number of imide groups is 1. The Morgan fingerprint density at radius 2 is 1.70 bits per heavy atom. The quantitative estimate of drug-likeness (QED) is 0.424. The summed E-state index contributed by atoms with van der Waals surface area (Å²) in [6.45, 7) is 1.65. The highest BCUT2D eigenvalue weighted by Crippen LogP contribution is 2.24. The number of benzene rings is 2. The molecule has 9 nitrogen and oxygen atoms in total. The Kier molecular flexibility index (Phi) is 4.84. The highest BCUT2D eigenvalue weighted by Gasteiger charge is 2.26. The molecule has 0 unspecified atom stereocenters. The van der Waals surface area contributed by atoms with Crippen LogP contribution in [0.5, 0.6) is 0 Å². The van der Waals surface area contributed by atoms with Crippen molar-refractivity contribution >= 4 is 38.9 Å². The number of amides is 2. The first kappa shape index (κ1) is 19.4. The third kappa shape index (κ3) is 3.80. The van der Waals surface area contributed by atoms with E-state index < -0.39 is 21.8 Å². The van der Waals surface area contributed by atoms with E-state index in [4.69, 9.17) is 4.52 Å². The molecule has 0 saturated heterocycles. The zero-order valence-electron chi connectivity index (χ0n) is 15.7. The lowest BCUT2D eigenvalue weighted by Crippen LogP contribution is -2.36. The maximum absolute atomic E-state index is 12.4. The second-order valence-corrected chi connectivity index (χ2v) is 8.17. The highest BCUT2D eigenvalue weighted by atomic mass is 32.2. The molecule has 0 spiro atoms. The third-order valence-electron chi connectivity index (χ3n) is 4.35. The van der Waals surface area contributed by atoms with E-state index in [1.165, 1.54) is 24.4 Å². The standard InChI is InChI=1S/C20H16N4O5S/c1-12-10-18(23-29-12)24-30(27,28)14-8-6-13(7-9-14)21-11-17-15-4-2-3-5-16(15)19(25)22-20(17)26/h2-11,21H,1H3,(H,23,24)(H,22,25,26). The van der Waals surface area contributed by atoms with E-state index in [9.17, 15) is 18.0 Å². The minimum atomic E-state index is -3.82. The van der Waals surface area contributed by atoms with E-state index >= 15 is 0 Å². The monoisotopic (exact) mass is 424 g/mol. The van der Waals surface area contributed by atoms with Gasteiger partial charge in [-0.25, -0.2) is 8.42 Å². The summed E-state index contributed by atoms with van der Waals surface area (Å²) in [5.41, 5.74) is 1.77. The van der Waals surface area contributed by atoms with Crippen molar-refractivity contribution in [1.82, 2.24) is 10.5 Å². The summed E-state index contributed by atoms with van der Waals surface area (Å²) in [5, 5.41) is 8.85. The minimum Gasteiger partial charge on any atom is -0.361 e. The lowest BCUT2D eigenvalue weighted by molar-refractivity contribution is -0.114. The molecule has 10 heteroatoms. The molecule has 4 rings (SSSR count). The predicted molar refractivity (Wildman–Crippen MR) is 109 cm³/mol. The average molecular weight is 424 g/mol. The third-order valence-corrected chi connectivity index (χ3v) is 5.72. The number of rotatable bonds is 5. The number of hydrogen-bond acceptors (Lipinski definition) is 7. The van der Waals surface area contributed by atoms with Crippen LogP contribution in [0.4, 0.5) is 11.5 Å². The number of nitrogens with one attached hydrogen (secondary N) is 3. The van der Waals surface area contributed by atoms with Crippen molar-refractivity contribution in [2.45, 2.75) is 11.8 Å². The van der Waals surface area contributed by atoms with Crippen LogP contribution in [0.25, 0.3) is 5.57 Å². The van der Waals surface area contributed by atoms with Gasteiger partial charge in [0.15, 0.2) is 5.82 Å². The predicted octanol–water partition coefficient (Wildman–Crippen LogP) is 2.51. The Bertz CT molecular complexity index is 1280. The number of fused-ring (bicyclic) bond motifs is 1. The zero-order chi connectivity index (χ0) is 21.3. The van der Waals surface area contributed by atoms with E-state index in [1.807, 2.05) is 0 Å². The summed E-state index contributed by atoms with van der Waals surface area (Å²) in [6, 6.07) is 14.2. The number of anilines is 2. The first-order valence-corrected chi connectivity index (χ1v) is 10.3. The van der Waals surface area contributed by atoms with Gasteiger partial charge in [-0.2, -0.15) is 0 Å². The molecule has 0 fully saturated rings. The van der Waals surface area contributed by atoms with Crippen LogP contribution in [0.1, 0.15) is 21.7 Å². The van der Waals surface area contributed by atoms with Gasteiger partial charge in [-0.1, -0.05) is 23.4 Å². The van der Waals surface area contributed by atoms with Crippen LogP contribution in [0, 0.1) is 6.92 Å². The molecule has 1 aliphatic heterocycles. The van der Waals surface area contributed by atoms with Crippen LogP contribution in [-0.2, 0) is 14.8 Å². The van der Waals surface area contributed by atoms with Crippen molar-refractivity contribution in [3.05, 3.63) is 77.7 Å². The maximum atomic E-state index is 12.4. The van der Waals surface area contributed by atoms with Crippen LogP contribution >= 0.6 is 0 Å². The van der Waals surface area contributed by atoms with Gasteiger partial charge in [-0.15, -0.1) is 0 Å². The van der Waals surface area contributed by atoms with Crippen molar-refractivity contribution in [2.75, 3.05) is 10.0 Å². The molecule has 152 valence electrons. The fourth-order valence-corrected chi connectivity index (χ4v) is 3.90. The number of aryl methyl sites for hydroxylation is 1. The topological polar surface area (TPSA) is 130 Å². The van der Waals surface area contributed by atoms with Gasteiger partial charge in [0.2, 0.25) is 0 Å². The Hall–Kier alpha value is -3.92. The summed E-state index contributed by atoms with van der Waals surface area (Å²) in [6.07, 6.45) is 1.47. The average Bonchev–Trinajstić information content (AvgIpc) is 3.12. The molecule has 0 bridgehead atoms. The van der Waals surface area contributed by atoms with Gasteiger partial charge in [0.1, 0.15) is 5.76 Å². The lowest BCUT2D eigenvalue weighted by atomic mass is 9.96. The van der Waals surface area contributed by atoms with Crippen LogP contribution in [0.2, 0.25) is 0 Å². The van der Waals surface area contributed by atoms with Gasteiger partial charge >= 0.3 is 0 Å². The second kappa shape index (κ2) is 7.48. The Labute approximate surface area is 171 Å². The van der Waals surface area contributed by atoms with E-state index in [-0.39, 0.29) is 10.7 Å². The molecule has 30 heavy (non-hydrogen) atoms. The molecule has 3 aromatic rings. The van der Waals surface area contributed by atoms with Gasteiger partial charge in [-0.3, -0.25) is 19.6 Å². The Balaban J connectivity index is 1.53. The summed E-state index contributed by atoms with van der Waals surface area (Å²) < 4.78 is 32.0. The van der Waals surface area contributed by atoms with Crippen molar-refractivity contribution in [3.8, 4) is 0 Å². The van der Waals surface area contributed by atoms with E-state index in [2.05, 4.69) is 20.5 Å². The van der Waals surface area contributed by atoms with Crippen molar-refractivity contribution < 1.29 is 22.5 Å². The molecule has 1 aromatic heterocycles. The van der Waals surface area contributed by atoms with Gasteiger partial charge in [0.05, 0.1) is 10.5 Å². The van der Waals surface area contributed by atoms with E-state index in [0.717, 1.165) is 0 Å². The molecule has 2 amide bonds. The van der Waals surface area contributed by atoms with Crippen LogP contribution in [0.3, 0.4) is 0 Å². The molecule has 2 heterocycles. The number of carbonyl (C=O) groups is 2. The Morgan fingerprint density at radius 1 is 1.00 bits per heavy atom. The molecular formula is C20H16N4O5S. The SMILES string of the molecule is Cc1cc(NS(=O)(=O)c2ccc(NC=C3C(=O)NC(=O)c4ccccc43)cc2)no1. The van der Waals surface area contributed by atoms with E-state index in [1.54, 1.807) is 43.3 Å². The summed E-state index contributed by atoms with van der Waals surface area (Å²) in [5.74, 6) is -0.388. The second-order valence-electron chi connectivity index (χ2n) is 6.48. The van der Waals surface area contributed by atoms with Gasteiger partial charge in [-0.05, 0) is 37.3 Å². The highest BCUT2D eigenvalue weighted by molar-refractivity contribution is 7.92. The fourth-order valence-electron chi connectivity index (χ4n) is 2.92. The number of carbonyl (C=O) groups excluding carboxylic acids is 2. The molecule has 3 N–H and O–H groups in total. The molecule has 0 aliphatic carbocycles. The number of hydrogen-bond donors (Lipinski definition) is 3. The molecule has 2 aromatic carbocycles. The van der Waals surface area contributed by atoms with Crippen LogP contribution in [-0.4, -0.2) is 25.4 Å². The number of aromatic nitrogens is 1. The van der Waals surface area contributed by atoms with E-state index in [0.29, 0.717) is 28.1 Å². The molecule has 0 atom stereocenters. The molecule has 0 radical (unpaired) electrons. The number of nitrogens with zero attached hydrogens (tertiary/aromatic N) is 1. The minimum absolute atomic E-state index is 0.0349. The number of sulfonamides is 1. The van der Waals surface area contributed by atoms with Gasteiger partial charge in [0.25, 0.3) is 21.8 Å². The fraction of sp³-hybridized carbons (Fsp3) is 0.0500. The first-order chi connectivity index (χ1) is 14.3. The van der Waals surface area contributed by atoms with Gasteiger partial charge < -0.3 is 9.84 Å². The molecule has 1 aliphatic rings. The zero-order valence-corrected chi connectivity index (χ0v) is 16.5. The smallest absolute Gasteiger partial charge is 0.263 e. The van der Waals surface area contributed by atoms with Gasteiger partial charge in [0, 0.05) is 29.1 Å². The maximum Gasteiger partial charge on any atom is 0.263 e. The van der Waals surface area contributed by atoms with Crippen LogP contribution < -0.4 is 15.4 Å². The largest absolute Gasteiger partial charge is 0.361 e.